The molecule has 0 atom stereocenters. The van der Waals surface area contributed by atoms with E-state index in [1.807, 2.05) is 0 Å². The first-order valence-corrected chi connectivity index (χ1v) is 2.43. The van der Waals surface area contributed by atoms with Crippen LogP contribution in [-0.4, -0.2) is 0 Å². The maximum Gasteiger partial charge on any atom is 0.168 e. The molecule has 1 rings (SSSR count). The maximum atomic E-state index is 4.78. The lowest BCUT2D eigenvalue weighted by Crippen LogP contribution is -2.26. The number of nitrogens with one attached hydrogen (secondary N) is 2. The summed E-state index contributed by atoms with van der Waals surface area (Å²) in [4.78, 5) is 0. The van der Waals surface area contributed by atoms with Gasteiger partial charge in [-0.05, 0) is 12.2 Å². The van der Waals surface area contributed by atoms with Crippen LogP contribution in [-0.2, 0) is 0 Å². The molecule has 5 nitrogen and oxygen atoms in total. The van der Waals surface area contributed by atoms with E-state index in [2.05, 4.69) is 21.2 Å². The van der Waals surface area contributed by atoms with Gasteiger partial charge in [0, 0.05) is 6.20 Å². The van der Waals surface area contributed by atoms with Gasteiger partial charge in [-0.15, -0.1) is 5.11 Å². The molecule has 0 fully saturated rings. The summed E-state index contributed by atoms with van der Waals surface area (Å²) < 4.78 is 0. The first kappa shape index (κ1) is 5.61. The second-order valence-electron chi connectivity index (χ2n) is 1.40. The lowest BCUT2D eigenvalue weighted by Gasteiger charge is -2.06. The molecule has 1 heterocycles. The van der Waals surface area contributed by atoms with Crippen LogP contribution >= 0.6 is 0 Å². The highest BCUT2D eigenvalue weighted by Gasteiger charge is 1.91. The predicted octanol–water partition coefficient (Wildman–Crippen LogP) is -0.225. The van der Waals surface area contributed by atoms with E-state index < -0.39 is 0 Å². The van der Waals surface area contributed by atoms with Gasteiger partial charge in [0.15, 0.2) is 5.82 Å². The van der Waals surface area contributed by atoms with Crippen molar-refractivity contribution in [1.29, 1.82) is 0 Å². The molecule has 0 saturated heterocycles. The van der Waals surface area contributed by atoms with Crippen molar-refractivity contribution in [3.8, 4) is 0 Å². The van der Waals surface area contributed by atoms with Crippen LogP contribution in [0.2, 0.25) is 0 Å². The summed E-state index contributed by atoms with van der Waals surface area (Å²) in [6, 6.07) is 0. The summed E-state index contributed by atoms with van der Waals surface area (Å²) in [7, 11) is 0. The lowest BCUT2D eigenvalue weighted by molar-refractivity contribution is 0.692. The molecule has 0 aliphatic carbocycles. The van der Waals surface area contributed by atoms with E-state index in [0.29, 0.717) is 5.82 Å². The molecule has 0 saturated carbocycles. The fourth-order valence-electron chi connectivity index (χ4n) is 0.465. The van der Waals surface area contributed by atoms with Gasteiger partial charge in [0.2, 0.25) is 0 Å². The van der Waals surface area contributed by atoms with Crippen molar-refractivity contribution in [2.24, 2.45) is 16.2 Å². The molecule has 0 radical (unpaired) electrons. The van der Waals surface area contributed by atoms with E-state index in [-0.39, 0.29) is 0 Å². The van der Waals surface area contributed by atoms with Crippen LogP contribution in [0.25, 0.3) is 0 Å². The van der Waals surface area contributed by atoms with Crippen LogP contribution in [0.15, 0.2) is 34.5 Å². The molecule has 5 heteroatoms. The van der Waals surface area contributed by atoms with Gasteiger partial charge in [-0.25, -0.2) is 0 Å². The van der Waals surface area contributed by atoms with E-state index in [1.165, 1.54) is 0 Å². The van der Waals surface area contributed by atoms with E-state index in [0.717, 1.165) is 0 Å². The Morgan fingerprint density at radius 3 is 3.00 bits per heavy atom. The summed E-state index contributed by atoms with van der Waals surface area (Å²) in [6.45, 7) is 0. The number of nitrogens with zero attached hydrogens (tertiary/aromatic N) is 2. The molecule has 0 amide bonds. The van der Waals surface area contributed by atoms with E-state index >= 15 is 0 Å². The highest BCUT2D eigenvalue weighted by atomic mass is 15.4. The molecule has 4 N–H and O–H groups in total. The van der Waals surface area contributed by atoms with Crippen molar-refractivity contribution in [3.05, 3.63) is 24.2 Å². The molecule has 1 aliphatic rings. The lowest BCUT2D eigenvalue weighted by atomic mass is 10.5. The Bertz CT molecular complexity index is 168. The third-order valence-corrected chi connectivity index (χ3v) is 0.799. The summed E-state index contributed by atoms with van der Waals surface area (Å²) >= 11 is 0. The molecule has 0 aromatic heterocycles. The molecule has 0 unspecified atom stereocenters. The van der Waals surface area contributed by atoms with Gasteiger partial charge >= 0.3 is 0 Å². The molecule has 0 aromatic rings. The highest BCUT2D eigenvalue weighted by molar-refractivity contribution is 5.11. The van der Waals surface area contributed by atoms with E-state index in [1.54, 1.807) is 18.4 Å². The second kappa shape index (κ2) is 2.71. The van der Waals surface area contributed by atoms with Crippen LogP contribution in [0.1, 0.15) is 0 Å². The zero-order valence-electron chi connectivity index (χ0n) is 4.70. The van der Waals surface area contributed by atoms with E-state index in [4.69, 9.17) is 5.84 Å². The summed E-state index contributed by atoms with van der Waals surface area (Å²) in [5.41, 5.74) is 5.42. The van der Waals surface area contributed by atoms with Crippen molar-refractivity contribution >= 4 is 0 Å². The molecule has 0 aromatic carbocycles. The van der Waals surface area contributed by atoms with Crippen molar-refractivity contribution < 1.29 is 0 Å². The first-order valence-electron chi connectivity index (χ1n) is 2.43. The van der Waals surface area contributed by atoms with Crippen LogP contribution < -0.4 is 16.7 Å². The molecular weight excluding hydrogens is 118 g/mol. The standard InChI is InChI=1S/C4H7N5/c5-9-8-4-2-1-3-6-7-4/h1-3,6-7H,(H2,5,8). The van der Waals surface area contributed by atoms with Gasteiger partial charge < -0.3 is 11.3 Å². The smallest absolute Gasteiger partial charge is 0.168 e. The molecule has 0 spiro atoms. The average Bonchev–Trinajstić information content (AvgIpc) is 1.91. The van der Waals surface area contributed by atoms with Crippen LogP contribution in [0.4, 0.5) is 0 Å². The number of hydrazine groups is 1. The van der Waals surface area contributed by atoms with Crippen molar-refractivity contribution in [1.82, 2.24) is 10.9 Å². The number of nitrogens with two attached hydrogens (primary N) is 1. The van der Waals surface area contributed by atoms with Crippen molar-refractivity contribution in [3.63, 3.8) is 0 Å². The highest BCUT2D eigenvalue weighted by Crippen LogP contribution is 1.93. The number of allylic oxidation sites excluding steroid dienone is 2. The fourth-order valence-corrected chi connectivity index (χ4v) is 0.465. The summed E-state index contributed by atoms with van der Waals surface area (Å²) in [5.74, 6) is 5.38. The summed E-state index contributed by atoms with van der Waals surface area (Å²) in [6.07, 6.45) is 5.27. The van der Waals surface area contributed by atoms with Crippen LogP contribution in [0.5, 0.6) is 0 Å². The minimum Gasteiger partial charge on any atom is -0.307 e. The van der Waals surface area contributed by atoms with Gasteiger partial charge in [0.05, 0.1) is 0 Å². The van der Waals surface area contributed by atoms with Gasteiger partial charge in [-0.2, -0.15) is 0 Å². The van der Waals surface area contributed by atoms with Gasteiger partial charge in [0.1, 0.15) is 0 Å². The predicted molar refractivity (Wildman–Crippen MR) is 32.5 cm³/mol. The Hall–Kier alpha value is -1.52. The Morgan fingerprint density at radius 2 is 2.44 bits per heavy atom. The molecule has 9 heavy (non-hydrogen) atoms. The Morgan fingerprint density at radius 1 is 1.56 bits per heavy atom. The Labute approximate surface area is 52.3 Å². The quantitative estimate of drug-likeness (QED) is 0.257. The normalized spacial score (nSPS) is 16.7. The fraction of sp³-hybridized carbons (Fsp3) is 0. The van der Waals surface area contributed by atoms with Gasteiger partial charge in [0.25, 0.3) is 0 Å². The Balaban J connectivity index is 2.57. The van der Waals surface area contributed by atoms with Crippen molar-refractivity contribution in [2.45, 2.75) is 0 Å². The third-order valence-electron chi connectivity index (χ3n) is 0.799. The van der Waals surface area contributed by atoms with Crippen LogP contribution in [0.3, 0.4) is 0 Å². The van der Waals surface area contributed by atoms with Gasteiger partial charge in [-0.1, -0.05) is 5.22 Å². The average molecular weight is 125 g/mol. The zero-order chi connectivity index (χ0) is 6.53. The molecule has 0 bridgehead atoms. The largest absolute Gasteiger partial charge is 0.307 e. The molecule has 48 valence electrons. The first-order chi connectivity index (χ1) is 4.43. The minimum atomic E-state index is 0.597. The number of hydrogen-bond acceptors (Lipinski definition) is 4. The summed E-state index contributed by atoms with van der Waals surface area (Å²) in [5, 5.41) is 6.60. The molecule has 1 aliphatic heterocycles. The zero-order valence-corrected chi connectivity index (χ0v) is 4.70. The minimum absolute atomic E-state index is 0.597. The SMILES string of the molecule is NN=NC1=CC=CNN1. The molecular formula is C4H7N5. The van der Waals surface area contributed by atoms with Gasteiger partial charge in [-0.3, -0.25) is 5.43 Å². The monoisotopic (exact) mass is 125 g/mol. The second-order valence-corrected chi connectivity index (χ2v) is 1.40. The topological polar surface area (TPSA) is 74.8 Å². The number of hydrogen-bond donors (Lipinski definition) is 3. The van der Waals surface area contributed by atoms with E-state index in [9.17, 15) is 0 Å². The van der Waals surface area contributed by atoms with Crippen molar-refractivity contribution in [2.75, 3.05) is 0 Å². The number of rotatable bonds is 1. The van der Waals surface area contributed by atoms with Crippen LogP contribution in [0, 0.1) is 0 Å². The maximum absolute atomic E-state index is 4.78. The third kappa shape index (κ3) is 1.45. The Kier molecular flexibility index (Phi) is 1.69.